The Bertz CT molecular complexity index is 278. The fraction of sp³-hybridized carbons (Fsp3) is 0. The largest absolute Gasteiger partial charge is 1.00 e. The molecule has 0 fully saturated rings. The van der Waals surface area contributed by atoms with Gasteiger partial charge in [-0.05, 0) is 0 Å². The molecule has 13 heteroatoms. The predicted molar refractivity (Wildman–Crippen MR) is 27.9 cm³/mol. The van der Waals surface area contributed by atoms with Crippen molar-refractivity contribution in [3.63, 3.8) is 0 Å². The van der Waals surface area contributed by atoms with Gasteiger partial charge in [0.15, 0.2) is 0 Å². The van der Waals surface area contributed by atoms with Crippen LogP contribution < -0.4 is 51.4 Å². The van der Waals surface area contributed by atoms with Gasteiger partial charge < -0.3 is 9.11 Å². The first-order valence-electron chi connectivity index (χ1n) is 1.70. The molecule has 0 rings (SSSR count). The van der Waals surface area contributed by atoms with Crippen LogP contribution >= 0.6 is 0 Å². The van der Waals surface area contributed by atoms with E-state index < -0.39 is 20.8 Å². The molecule has 76 valence electrons. The van der Waals surface area contributed by atoms with Gasteiger partial charge in [0.2, 0.25) is 20.8 Å². The summed E-state index contributed by atoms with van der Waals surface area (Å²) in [5.41, 5.74) is 0. The third-order valence-electron chi connectivity index (χ3n) is 0.114. The van der Waals surface area contributed by atoms with E-state index in [0.717, 1.165) is 0 Å². The molecule has 0 spiro atoms. The minimum absolute atomic E-state index is 0. The molecule has 0 aromatic carbocycles. The molecule has 0 saturated carbocycles. The summed E-state index contributed by atoms with van der Waals surface area (Å²) in [6.45, 7) is 0. The maximum Gasteiger partial charge on any atom is 1.00 e. The Kier molecular flexibility index (Phi) is 13.1. The van der Waals surface area contributed by atoms with Crippen molar-refractivity contribution in [2.45, 2.75) is 0 Å². The van der Waals surface area contributed by atoms with Gasteiger partial charge in [0.25, 0.3) is 0 Å². The predicted octanol–water partition coefficient (Wildman–Crippen LogP) is -5.01. The monoisotopic (exact) mass is 266 g/mol. The normalized spacial score (nSPS) is 10.8. The topological polar surface area (TPSA) is 173 Å². The summed E-state index contributed by atoms with van der Waals surface area (Å²) in [7, 11) is -9.81. The molecule has 0 aliphatic carbocycles. The summed E-state index contributed by atoms with van der Waals surface area (Å²) in [5, 5.41) is 9.61. The van der Waals surface area contributed by atoms with Crippen molar-refractivity contribution in [2.75, 3.05) is 0 Å². The maximum absolute atomic E-state index is 9.17. The van der Waals surface area contributed by atoms with E-state index in [4.69, 9.17) is 35.8 Å². The molecule has 0 aromatic heterocycles. The first kappa shape index (κ1) is 19.8. The van der Waals surface area contributed by atoms with E-state index in [9.17, 15) is 0 Å². The average molecular weight is 266 g/mol. The molecule has 0 aliphatic rings. The zero-order valence-corrected chi connectivity index (χ0v) is 10.7. The summed E-state index contributed by atoms with van der Waals surface area (Å²) < 4.78 is 63.0. The molecule has 0 radical (unpaired) electrons. The van der Waals surface area contributed by atoms with Crippen LogP contribution in [-0.2, 0) is 30.2 Å². The number of hydrogen-bond donors (Lipinski definition) is 2. The van der Waals surface area contributed by atoms with Crippen LogP contribution in [0, 0.1) is 0 Å². The third kappa shape index (κ3) is 60.5. The van der Waals surface area contributed by atoms with E-state index >= 15 is 0 Å². The molecule has 0 bridgehead atoms. The van der Waals surface area contributed by atoms with E-state index in [1.165, 1.54) is 0 Å². The van der Waals surface area contributed by atoms with Gasteiger partial charge in [-0.25, -0.2) is 22.1 Å². The Morgan fingerprint density at radius 1 is 1.15 bits per heavy atom. The molecule has 0 atom stereocenters. The van der Waals surface area contributed by atoms with Crippen LogP contribution in [-0.4, -0.2) is 35.8 Å². The van der Waals surface area contributed by atoms with Crippen LogP contribution in [0.3, 0.4) is 0 Å². The van der Waals surface area contributed by atoms with Crippen LogP contribution in [0.5, 0.6) is 0 Å². The van der Waals surface area contributed by atoms with Gasteiger partial charge >= 0.3 is 52.8 Å². The molecule has 0 amide bonds. The van der Waals surface area contributed by atoms with Crippen LogP contribution in [0.25, 0.3) is 0 Å². The molecule has 0 aliphatic heterocycles. The first-order chi connectivity index (χ1) is 5.06. The van der Waals surface area contributed by atoms with E-state index in [0.29, 0.717) is 0 Å². The summed E-state index contributed by atoms with van der Waals surface area (Å²) >= 11 is 0. The average Bonchev–Trinajstić information content (AvgIpc) is 1.54. The minimum atomic E-state index is -4.92. The van der Waals surface area contributed by atoms with E-state index in [2.05, 4.69) is 9.37 Å². The van der Waals surface area contributed by atoms with Gasteiger partial charge in [0.05, 0.1) is 0 Å². The summed E-state index contributed by atoms with van der Waals surface area (Å²) in [4.78, 5) is 0. The molecule has 10 nitrogen and oxygen atoms in total. The van der Waals surface area contributed by atoms with Crippen molar-refractivity contribution in [3.8, 4) is 0 Å². The summed E-state index contributed by atoms with van der Waals surface area (Å²) in [6, 6.07) is 0. The fourth-order valence-corrected chi connectivity index (χ4v) is 0.112. The van der Waals surface area contributed by atoms with E-state index in [1.807, 2.05) is 0 Å². The van der Waals surface area contributed by atoms with Crippen molar-refractivity contribution < 1.29 is 97.9 Å². The van der Waals surface area contributed by atoms with Crippen LogP contribution in [0.4, 0.5) is 0 Å². The molecular weight excluding hydrogens is 263 g/mol. The van der Waals surface area contributed by atoms with Gasteiger partial charge in [-0.3, -0.25) is 4.55 Å². The Balaban J connectivity index is -0.0000000651. The quantitative estimate of drug-likeness (QED) is 0.162. The third-order valence-corrected chi connectivity index (χ3v) is 0.341. The SMILES string of the molecule is O=S(=O)([O-])O.O=S(=O)([O-])OOO.[H+].[K+]. The van der Waals surface area contributed by atoms with Crippen LogP contribution in [0.2, 0.25) is 0 Å². The Morgan fingerprint density at radius 3 is 1.38 bits per heavy atom. The molecule has 0 heterocycles. The zero-order valence-electron chi connectivity index (χ0n) is 6.98. The standard InChI is InChI=1S/K.H2O6S.H2O4S/c;1-5-6-7(2,3)4;1-5(2,3)4/h;1H,(H,2,3,4);(H2,1,2,3,4)/q+1;;/p-1. The maximum atomic E-state index is 9.17. The number of rotatable bonds is 2. The molecule has 0 aromatic rings. The van der Waals surface area contributed by atoms with Crippen molar-refractivity contribution in [1.29, 1.82) is 0 Å². The van der Waals surface area contributed by atoms with Crippen LogP contribution in [0.15, 0.2) is 0 Å². The van der Waals surface area contributed by atoms with Gasteiger partial charge in [-0.15, -0.1) is 0 Å². The molecule has 0 saturated heterocycles. The smallest absolute Gasteiger partial charge is 0.726 e. The van der Waals surface area contributed by atoms with E-state index in [1.54, 1.807) is 0 Å². The minimum Gasteiger partial charge on any atom is -0.726 e. The molecular formula is H3KO10S2. The Hall–Kier alpha value is 1.30. The van der Waals surface area contributed by atoms with Gasteiger partial charge in [0.1, 0.15) is 0 Å². The fourth-order valence-electron chi connectivity index (χ4n) is 0.0373. The second-order valence-electron chi connectivity index (χ2n) is 0.979. The van der Waals surface area contributed by atoms with Crippen molar-refractivity contribution in [3.05, 3.63) is 0 Å². The van der Waals surface area contributed by atoms with Crippen molar-refractivity contribution in [1.82, 2.24) is 0 Å². The van der Waals surface area contributed by atoms with Gasteiger partial charge in [-0.2, -0.15) is 0 Å². The zero-order chi connectivity index (χ0) is 10.4. The van der Waals surface area contributed by atoms with Gasteiger partial charge in [0, 0.05) is 0 Å². The van der Waals surface area contributed by atoms with Crippen molar-refractivity contribution in [2.24, 2.45) is 0 Å². The second kappa shape index (κ2) is 8.59. The molecule has 13 heavy (non-hydrogen) atoms. The molecule has 0 unspecified atom stereocenters. The molecule has 2 N–H and O–H groups in total. The summed E-state index contributed by atoms with van der Waals surface area (Å²) in [6.07, 6.45) is 0. The first-order valence-corrected chi connectivity index (χ1v) is 4.40. The van der Waals surface area contributed by atoms with E-state index in [-0.39, 0.29) is 52.8 Å². The van der Waals surface area contributed by atoms with Crippen LogP contribution in [0.1, 0.15) is 1.43 Å². The Labute approximate surface area is 117 Å². The Morgan fingerprint density at radius 2 is 1.38 bits per heavy atom. The summed E-state index contributed by atoms with van der Waals surface area (Å²) in [5.74, 6) is 0. The number of hydrogen-bond acceptors (Lipinski definition) is 9. The van der Waals surface area contributed by atoms with Gasteiger partial charge in [-0.1, -0.05) is 9.37 Å². The second-order valence-corrected chi connectivity index (χ2v) is 2.79. The van der Waals surface area contributed by atoms with Crippen molar-refractivity contribution >= 4 is 20.8 Å².